The van der Waals surface area contributed by atoms with Gasteiger partial charge in [0.25, 0.3) is 0 Å². The fourth-order valence-corrected chi connectivity index (χ4v) is 1.25. The van der Waals surface area contributed by atoms with Crippen molar-refractivity contribution >= 4 is 0 Å². The third-order valence-corrected chi connectivity index (χ3v) is 2.15. The van der Waals surface area contributed by atoms with Gasteiger partial charge < -0.3 is 10.8 Å². The predicted octanol–water partition coefficient (Wildman–Crippen LogP) is 2.23. The summed E-state index contributed by atoms with van der Waals surface area (Å²) in [7, 11) is 0. The quantitative estimate of drug-likeness (QED) is 0.775. The van der Waals surface area contributed by atoms with Crippen LogP contribution in [0.3, 0.4) is 0 Å². The molecule has 0 radical (unpaired) electrons. The Balaban J connectivity index is 3.18. The third-order valence-electron chi connectivity index (χ3n) is 2.15. The summed E-state index contributed by atoms with van der Waals surface area (Å²) in [6, 6.07) is 0.961. The molecule has 1 aromatic carbocycles. The summed E-state index contributed by atoms with van der Waals surface area (Å²) in [6.07, 6.45) is -5.68. The maximum absolute atomic E-state index is 12.9. The number of rotatable bonds is 2. The largest absolute Gasteiger partial charge is 0.416 e. The summed E-state index contributed by atoms with van der Waals surface area (Å²) < 4.78 is 50.0. The molecular formula is C10H11F4NO. The lowest BCUT2D eigenvalue weighted by atomic mass is 10.0. The van der Waals surface area contributed by atoms with Gasteiger partial charge >= 0.3 is 6.18 Å². The first-order chi connectivity index (χ1) is 7.21. The number of aliphatic hydroxyl groups excluding tert-OH is 1. The molecule has 16 heavy (non-hydrogen) atoms. The molecule has 0 unspecified atom stereocenters. The van der Waals surface area contributed by atoms with E-state index in [2.05, 4.69) is 0 Å². The van der Waals surface area contributed by atoms with E-state index in [1.165, 1.54) is 6.92 Å². The smallest absolute Gasteiger partial charge is 0.391 e. The van der Waals surface area contributed by atoms with Crippen LogP contribution in [0.1, 0.15) is 24.1 Å². The number of aliphatic hydroxyl groups is 1. The van der Waals surface area contributed by atoms with Crippen molar-refractivity contribution in [3.8, 4) is 0 Å². The van der Waals surface area contributed by atoms with Crippen LogP contribution in [0.15, 0.2) is 18.2 Å². The molecular weight excluding hydrogens is 226 g/mol. The molecule has 2 atom stereocenters. The van der Waals surface area contributed by atoms with Gasteiger partial charge in [0.15, 0.2) is 0 Å². The normalized spacial score (nSPS) is 15.9. The molecule has 0 saturated carbocycles. The van der Waals surface area contributed by atoms with Gasteiger partial charge in [0.05, 0.1) is 17.7 Å². The van der Waals surface area contributed by atoms with Crippen LogP contribution in [0.5, 0.6) is 0 Å². The molecule has 0 fully saturated rings. The van der Waals surface area contributed by atoms with Gasteiger partial charge in [0, 0.05) is 0 Å². The molecule has 1 aromatic rings. The minimum atomic E-state index is -4.63. The van der Waals surface area contributed by atoms with Crippen molar-refractivity contribution < 1.29 is 22.7 Å². The minimum absolute atomic E-state index is 0.0812. The lowest BCUT2D eigenvalue weighted by Crippen LogP contribution is -2.24. The molecule has 0 spiro atoms. The SMILES string of the molecule is C[C@@H](O)[C@H](N)c1cc(F)cc(C(F)(F)F)c1. The van der Waals surface area contributed by atoms with E-state index in [1.807, 2.05) is 0 Å². The minimum Gasteiger partial charge on any atom is -0.391 e. The fraction of sp³-hybridized carbons (Fsp3) is 0.400. The van der Waals surface area contributed by atoms with Gasteiger partial charge in [-0.25, -0.2) is 4.39 Å². The summed E-state index contributed by atoms with van der Waals surface area (Å²) in [6.45, 7) is 1.32. The zero-order valence-electron chi connectivity index (χ0n) is 8.42. The van der Waals surface area contributed by atoms with Gasteiger partial charge in [-0.1, -0.05) is 0 Å². The average Bonchev–Trinajstić information content (AvgIpc) is 2.14. The van der Waals surface area contributed by atoms with Crippen LogP contribution >= 0.6 is 0 Å². The van der Waals surface area contributed by atoms with Crippen LogP contribution in [-0.4, -0.2) is 11.2 Å². The Labute approximate surface area is 89.7 Å². The number of alkyl halides is 3. The van der Waals surface area contributed by atoms with Crippen molar-refractivity contribution in [3.05, 3.63) is 35.1 Å². The number of hydrogen-bond donors (Lipinski definition) is 2. The molecule has 0 saturated heterocycles. The number of benzene rings is 1. The molecule has 1 rings (SSSR count). The van der Waals surface area contributed by atoms with Crippen LogP contribution in [-0.2, 0) is 6.18 Å². The number of hydrogen-bond acceptors (Lipinski definition) is 2. The maximum Gasteiger partial charge on any atom is 0.416 e. The third kappa shape index (κ3) is 2.93. The zero-order valence-corrected chi connectivity index (χ0v) is 8.42. The van der Waals surface area contributed by atoms with Gasteiger partial charge in [0.1, 0.15) is 5.82 Å². The second-order valence-electron chi connectivity index (χ2n) is 3.54. The van der Waals surface area contributed by atoms with E-state index in [0.717, 1.165) is 12.1 Å². The first-order valence-corrected chi connectivity index (χ1v) is 4.53. The lowest BCUT2D eigenvalue weighted by molar-refractivity contribution is -0.137. The summed E-state index contributed by atoms with van der Waals surface area (Å²) in [5.41, 5.74) is 4.24. The Kier molecular flexibility index (Phi) is 3.54. The summed E-state index contributed by atoms with van der Waals surface area (Å²) in [5, 5.41) is 9.13. The highest BCUT2D eigenvalue weighted by atomic mass is 19.4. The Morgan fingerprint density at radius 3 is 2.25 bits per heavy atom. The molecule has 0 amide bonds. The van der Waals surface area contributed by atoms with E-state index in [0.29, 0.717) is 6.07 Å². The predicted molar refractivity (Wildman–Crippen MR) is 50.0 cm³/mol. The van der Waals surface area contributed by atoms with Gasteiger partial charge in [-0.05, 0) is 30.7 Å². The highest BCUT2D eigenvalue weighted by molar-refractivity contribution is 5.29. The van der Waals surface area contributed by atoms with Crippen LogP contribution in [0.4, 0.5) is 17.6 Å². The Morgan fingerprint density at radius 2 is 1.81 bits per heavy atom. The van der Waals surface area contributed by atoms with E-state index in [-0.39, 0.29) is 5.56 Å². The average molecular weight is 237 g/mol. The fourth-order valence-electron chi connectivity index (χ4n) is 1.25. The lowest BCUT2D eigenvalue weighted by Gasteiger charge is -2.17. The van der Waals surface area contributed by atoms with Crippen molar-refractivity contribution in [2.75, 3.05) is 0 Å². The molecule has 0 aromatic heterocycles. The molecule has 2 nitrogen and oxygen atoms in total. The molecule has 0 bridgehead atoms. The molecule has 0 aliphatic heterocycles. The van der Waals surface area contributed by atoms with Crippen LogP contribution in [0.2, 0.25) is 0 Å². The number of halogens is 4. The summed E-state index contributed by atoms with van der Waals surface area (Å²) in [5.74, 6) is -1.03. The Bertz CT molecular complexity index is 376. The first kappa shape index (κ1) is 12.9. The summed E-state index contributed by atoms with van der Waals surface area (Å²) >= 11 is 0. The molecule has 6 heteroatoms. The topological polar surface area (TPSA) is 46.2 Å². The maximum atomic E-state index is 12.9. The van der Waals surface area contributed by atoms with Gasteiger partial charge in [-0.2, -0.15) is 13.2 Å². The molecule has 90 valence electrons. The summed E-state index contributed by atoms with van der Waals surface area (Å²) in [4.78, 5) is 0. The van der Waals surface area contributed by atoms with Crippen molar-refractivity contribution in [3.63, 3.8) is 0 Å². The second-order valence-corrected chi connectivity index (χ2v) is 3.54. The molecule has 3 N–H and O–H groups in total. The zero-order chi connectivity index (χ0) is 12.5. The van der Waals surface area contributed by atoms with Crippen molar-refractivity contribution in [1.29, 1.82) is 0 Å². The van der Waals surface area contributed by atoms with Crippen LogP contribution in [0.25, 0.3) is 0 Å². The van der Waals surface area contributed by atoms with E-state index in [1.54, 1.807) is 0 Å². The van der Waals surface area contributed by atoms with Gasteiger partial charge in [0.2, 0.25) is 0 Å². The van der Waals surface area contributed by atoms with E-state index in [4.69, 9.17) is 10.8 Å². The highest BCUT2D eigenvalue weighted by Gasteiger charge is 2.32. The Hall–Kier alpha value is -1.14. The molecule has 0 heterocycles. The van der Waals surface area contributed by atoms with Crippen molar-refractivity contribution in [2.24, 2.45) is 5.73 Å². The van der Waals surface area contributed by atoms with Crippen LogP contribution in [0, 0.1) is 5.82 Å². The standard InChI is InChI=1S/C10H11F4NO/c1-5(16)9(15)6-2-7(10(12,13)14)4-8(11)3-6/h2-5,9,16H,15H2,1H3/t5-,9+/m1/s1. The Morgan fingerprint density at radius 1 is 1.25 bits per heavy atom. The van der Waals surface area contributed by atoms with Crippen molar-refractivity contribution in [1.82, 2.24) is 0 Å². The van der Waals surface area contributed by atoms with Crippen LogP contribution < -0.4 is 5.73 Å². The molecule has 0 aliphatic carbocycles. The van der Waals surface area contributed by atoms with E-state index < -0.39 is 29.7 Å². The number of nitrogens with two attached hydrogens (primary N) is 1. The second kappa shape index (κ2) is 4.39. The highest BCUT2D eigenvalue weighted by Crippen LogP contribution is 2.31. The van der Waals surface area contributed by atoms with E-state index >= 15 is 0 Å². The van der Waals surface area contributed by atoms with Crippen molar-refractivity contribution in [2.45, 2.75) is 25.2 Å². The monoisotopic (exact) mass is 237 g/mol. The first-order valence-electron chi connectivity index (χ1n) is 4.53. The molecule has 0 aliphatic rings. The van der Waals surface area contributed by atoms with Gasteiger partial charge in [-0.15, -0.1) is 0 Å². The van der Waals surface area contributed by atoms with Gasteiger partial charge in [-0.3, -0.25) is 0 Å². The van der Waals surface area contributed by atoms with E-state index in [9.17, 15) is 17.6 Å².